The number of anilines is 1. The van der Waals surface area contributed by atoms with Crippen molar-refractivity contribution in [2.75, 3.05) is 31.3 Å². The lowest BCUT2D eigenvalue weighted by Gasteiger charge is -2.15. The summed E-state index contributed by atoms with van der Waals surface area (Å²) in [6.07, 6.45) is 4.18. The number of nitrogens with one attached hydrogen (secondary N) is 1. The molecule has 18 heavy (non-hydrogen) atoms. The molecule has 0 saturated heterocycles. The summed E-state index contributed by atoms with van der Waals surface area (Å²) in [5.74, 6) is 0.752. The Kier molecular flexibility index (Phi) is 5.35. The number of benzene rings is 1. The van der Waals surface area contributed by atoms with Gasteiger partial charge in [-0.1, -0.05) is 12.1 Å². The van der Waals surface area contributed by atoms with Crippen molar-refractivity contribution in [1.29, 1.82) is 0 Å². The van der Waals surface area contributed by atoms with Crippen LogP contribution in [-0.2, 0) is 4.74 Å². The maximum atomic E-state index is 9.81. The molecule has 1 fully saturated rings. The summed E-state index contributed by atoms with van der Waals surface area (Å²) in [5, 5.41) is 13.1. The molecule has 1 unspecified atom stereocenters. The van der Waals surface area contributed by atoms with Crippen LogP contribution in [0.1, 0.15) is 12.8 Å². The van der Waals surface area contributed by atoms with E-state index in [0.29, 0.717) is 13.2 Å². The number of rotatable bonds is 8. The number of thioether (sulfide) groups is 1. The first-order valence-corrected chi connectivity index (χ1v) is 7.64. The SMILES string of the molecule is CSc1ccccc1NCC(O)COCC1CC1. The van der Waals surface area contributed by atoms with Crippen LogP contribution in [0.4, 0.5) is 5.69 Å². The van der Waals surface area contributed by atoms with E-state index in [4.69, 9.17) is 4.74 Å². The molecule has 2 N–H and O–H groups in total. The molecule has 4 heteroatoms. The fraction of sp³-hybridized carbons (Fsp3) is 0.571. The van der Waals surface area contributed by atoms with Crippen molar-refractivity contribution in [3.05, 3.63) is 24.3 Å². The molecular formula is C14H21NO2S. The molecule has 0 radical (unpaired) electrons. The summed E-state index contributed by atoms with van der Waals surface area (Å²) in [7, 11) is 0. The molecule has 1 aliphatic rings. The van der Waals surface area contributed by atoms with Crippen molar-refractivity contribution in [3.63, 3.8) is 0 Å². The fourth-order valence-corrected chi connectivity index (χ4v) is 2.31. The second-order valence-corrected chi connectivity index (χ2v) is 5.56. The zero-order valence-corrected chi connectivity index (χ0v) is 11.6. The van der Waals surface area contributed by atoms with Crippen molar-refractivity contribution in [3.8, 4) is 0 Å². The van der Waals surface area contributed by atoms with Gasteiger partial charge in [0.1, 0.15) is 0 Å². The predicted molar refractivity (Wildman–Crippen MR) is 76.3 cm³/mol. The largest absolute Gasteiger partial charge is 0.389 e. The van der Waals surface area contributed by atoms with E-state index in [1.165, 1.54) is 17.7 Å². The maximum absolute atomic E-state index is 9.81. The first-order chi connectivity index (χ1) is 8.79. The second kappa shape index (κ2) is 7.02. The second-order valence-electron chi connectivity index (χ2n) is 4.72. The number of ether oxygens (including phenoxy) is 1. The third-order valence-corrected chi connectivity index (χ3v) is 3.79. The Labute approximate surface area is 113 Å². The molecule has 0 amide bonds. The quantitative estimate of drug-likeness (QED) is 0.710. The van der Waals surface area contributed by atoms with Crippen molar-refractivity contribution in [2.45, 2.75) is 23.8 Å². The van der Waals surface area contributed by atoms with Crippen molar-refractivity contribution < 1.29 is 9.84 Å². The van der Waals surface area contributed by atoms with Crippen LogP contribution in [0.15, 0.2) is 29.2 Å². The first kappa shape index (κ1) is 13.7. The molecule has 100 valence electrons. The Morgan fingerprint density at radius 3 is 2.94 bits per heavy atom. The summed E-state index contributed by atoms with van der Waals surface area (Å²) in [6, 6.07) is 8.12. The molecule has 0 aliphatic heterocycles. The molecule has 1 aliphatic carbocycles. The van der Waals surface area contributed by atoms with E-state index < -0.39 is 6.10 Å². The highest BCUT2D eigenvalue weighted by atomic mass is 32.2. The first-order valence-electron chi connectivity index (χ1n) is 6.42. The molecule has 1 aromatic carbocycles. The van der Waals surface area contributed by atoms with Crippen LogP contribution in [0.25, 0.3) is 0 Å². The Hall–Kier alpha value is -0.710. The molecule has 1 saturated carbocycles. The molecule has 0 heterocycles. The van der Waals surface area contributed by atoms with Gasteiger partial charge in [-0.15, -0.1) is 11.8 Å². The van der Waals surface area contributed by atoms with E-state index in [1.54, 1.807) is 11.8 Å². The van der Waals surface area contributed by atoms with Gasteiger partial charge >= 0.3 is 0 Å². The van der Waals surface area contributed by atoms with Crippen LogP contribution >= 0.6 is 11.8 Å². The standard InChI is InChI=1S/C14H21NO2S/c1-18-14-5-3-2-4-13(14)15-8-12(16)10-17-9-11-6-7-11/h2-5,11-12,15-16H,6-10H2,1H3. The summed E-state index contributed by atoms with van der Waals surface area (Å²) < 4.78 is 5.47. The normalized spacial score (nSPS) is 16.6. The van der Waals surface area contributed by atoms with E-state index in [-0.39, 0.29) is 0 Å². The van der Waals surface area contributed by atoms with E-state index in [1.807, 2.05) is 18.2 Å². The molecule has 0 spiro atoms. The smallest absolute Gasteiger partial charge is 0.0945 e. The molecule has 1 aromatic rings. The van der Waals surface area contributed by atoms with Gasteiger partial charge in [-0.2, -0.15) is 0 Å². The highest BCUT2D eigenvalue weighted by molar-refractivity contribution is 7.98. The zero-order valence-electron chi connectivity index (χ0n) is 10.8. The highest BCUT2D eigenvalue weighted by Crippen LogP contribution is 2.28. The number of aliphatic hydroxyl groups is 1. The van der Waals surface area contributed by atoms with E-state index in [0.717, 1.165) is 18.2 Å². The van der Waals surface area contributed by atoms with E-state index >= 15 is 0 Å². The van der Waals surface area contributed by atoms with Gasteiger partial charge in [-0.05, 0) is 37.1 Å². The minimum absolute atomic E-state index is 0.422. The minimum atomic E-state index is -0.446. The molecular weight excluding hydrogens is 246 g/mol. The number of aliphatic hydroxyl groups excluding tert-OH is 1. The Morgan fingerprint density at radius 1 is 1.44 bits per heavy atom. The van der Waals surface area contributed by atoms with E-state index in [9.17, 15) is 5.11 Å². The Bertz CT molecular complexity index is 369. The molecule has 3 nitrogen and oxygen atoms in total. The predicted octanol–water partition coefficient (Wildman–Crippen LogP) is 2.61. The summed E-state index contributed by atoms with van der Waals surface area (Å²) in [5.41, 5.74) is 1.08. The summed E-state index contributed by atoms with van der Waals surface area (Å²) in [4.78, 5) is 1.20. The van der Waals surface area contributed by atoms with Crippen molar-refractivity contribution >= 4 is 17.4 Å². The monoisotopic (exact) mass is 267 g/mol. The van der Waals surface area contributed by atoms with Crippen molar-refractivity contribution in [2.24, 2.45) is 5.92 Å². The number of hydrogen-bond donors (Lipinski definition) is 2. The Balaban J connectivity index is 1.68. The summed E-state index contributed by atoms with van der Waals surface area (Å²) in [6.45, 7) is 1.76. The van der Waals surface area contributed by atoms with E-state index in [2.05, 4.69) is 17.6 Å². The van der Waals surface area contributed by atoms with Gasteiger partial charge in [0.25, 0.3) is 0 Å². The summed E-state index contributed by atoms with van der Waals surface area (Å²) >= 11 is 1.70. The molecule has 0 bridgehead atoms. The fourth-order valence-electron chi connectivity index (χ4n) is 1.73. The van der Waals surface area contributed by atoms with Gasteiger partial charge in [0.05, 0.1) is 12.7 Å². The van der Waals surface area contributed by atoms with Crippen LogP contribution in [-0.4, -0.2) is 37.2 Å². The Morgan fingerprint density at radius 2 is 2.22 bits per heavy atom. The zero-order chi connectivity index (χ0) is 12.8. The molecule has 2 rings (SSSR count). The lowest BCUT2D eigenvalue weighted by atomic mass is 10.3. The lowest BCUT2D eigenvalue weighted by Crippen LogP contribution is -2.25. The van der Waals surface area contributed by atoms with Crippen LogP contribution in [0.3, 0.4) is 0 Å². The van der Waals surface area contributed by atoms with Gasteiger partial charge in [-0.25, -0.2) is 0 Å². The van der Waals surface area contributed by atoms with Crippen LogP contribution in [0.2, 0.25) is 0 Å². The van der Waals surface area contributed by atoms with Crippen molar-refractivity contribution in [1.82, 2.24) is 0 Å². The van der Waals surface area contributed by atoms with Gasteiger partial charge < -0.3 is 15.2 Å². The maximum Gasteiger partial charge on any atom is 0.0945 e. The topological polar surface area (TPSA) is 41.5 Å². The third kappa shape index (κ3) is 4.52. The highest BCUT2D eigenvalue weighted by Gasteiger charge is 2.21. The molecule has 1 atom stereocenters. The average molecular weight is 267 g/mol. The lowest BCUT2D eigenvalue weighted by molar-refractivity contribution is 0.0386. The van der Waals surface area contributed by atoms with Gasteiger partial charge in [0, 0.05) is 23.7 Å². The number of hydrogen-bond acceptors (Lipinski definition) is 4. The van der Waals surface area contributed by atoms with Gasteiger partial charge in [0.15, 0.2) is 0 Å². The van der Waals surface area contributed by atoms with Gasteiger partial charge in [0.2, 0.25) is 0 Å². The average Bonchev–Trinajstić information content (AvgIpc) is 3.21. The van der Waals surface area contributed by atoms with Crippen LogP contribution in [0.5, 0.6) is 0 Å². The van der Waals surface area contributed by atoms with Crippen LogP contribution in [0, 0.1) is 5.92 Å². The van der Waals surface area contributed by atoms with Crippen LogP contribution < -0.4 is 5.32 Å². The van der Waals surface area contributed by atoms with Gasteiger partial charge in [-0.3, -0.25) is 0 Å². The molecule has 0 aromatic heterocycles. The minimum Gasteiger partial charge on any atom is -0.389 e. The third-order valence-electron chi connectivity index (χ3n) is 3.00. The number of para-hydroxylation sites is 1.